The van der Waals surface area contributed by atoms with Gasteiger partial charge in [-0.3, -0.25) is 10.1 Å². The molecule has 5 nitrogen and oxygen atoms in total. The minimum absolute atomic E-state index is 0.0410. The fraction of sp³-hybridized carbons (Fsp3) is 0.667. The summed E-state index contributed by atoms with van der Waals surface area (Å²) in [4.78, 5) is 14.5. The van der Waals surface area contributed by atoms with Gasteiger partial charge in [-0.15, -0.1) is 0 Å². The molecule has 1 heterocycles. The smallest absolute Gasteiger partial charge is 0.277 e. The summed E-state index contributed by atoms with van der Waals surface area (Å²) in [6.45, 7) is 6.58. The number of hydrogen-bond donors (Lipinski definition) is 0. The van der Waals surface area contributed by atoms with Crippen molar-refractivity contribution in [2.75, 3.05) is 0 Å². The predicted octanol–water partition coefficient (Wildman–Crippen LogP) is 4.48. The van der Waals surface area contributed by atoms with Crippen LogP contribution < -0.4 is 4.74 Å². The van der Waals surface area contributed by atoms with Crippen molar-refractivity contribution in [3.63, 3.8) is 0 Å². The summed E-state index contributed by atoms with van der Waals surface area (Å²) >= 11 is 5.84. The number of nitrogens with zero attached hydrogens (tertiary/aromatic N) is 2. The molecule has 3 unspecified atom stereocenters. The number of rotatable bonds is 4. The van der Waals surface area contributed by atoms with Gasteiger partial charge in [0.25, 0.3) is 5.69 Å². The number of aromatic nitrogens is 1. The summed E-state index contributed by atoms with van der Waals surface area (Å²) in [6, 6.07) is 2.58. The number of nitro groups is 1. The highest BCUT2D eigenvalue weighted by atomic mass is 35.5. The Balaban J connectivity index is 2.20. The van der Waals surface area contributed by atoms with Crippen molar-refractivity contribution in [1.82, 2.24) is 4.98 Å². The van der Waals surface area contributed by atoms with Gasteiger partial charge in [-0.1, -0.05) is 38.8 Å². The second-order valence-corrected chi connectivity index (χ2v) is 6.61. The Morgan fingerprint density at radius 1 is 1.43 bits per heavy atom. The lowest BCUT2D eigenvalue weighted by molar-refractivity contribution is -0.385. The number of halogens is 1. The van der Waals surface area contributed by atoms with Gasteiger partial charge in [-0.05, 0) is 30.6 Å². The van der Waals surface area contributed by atoms with Crippen molar-refractivity contribution in [1.29, 1.82) is 0 Å². The van der Waals surface area contributed by atoms with E-state index < -0.39 is 4.92 Å². The van der Waals surface area contributed by atoms with E-state index in [-0.39, 0.29) is 22.8 Å². The highest BCUT2D eigenvalue weighted by Gasteiger charge is 2.32. The summed E-state index contributed by atoms with van der Waals surface area (Å²) < 4.78 is 5.97. The van der Waals surface area contributed by atoms with Gasteiger partial charge in [0, 0.05) is 0 Å². The summed E-state index contributed by atoms with van der Waals surface area (Å²) in [5, 5.41) is 11.0. The van der Waals surface area contributed by atoms with Crippen LogP contribution in [0.25, 0.3) is 0 Å². The molecule has 0 amide bonds. The Morgan fingerprint density at radius 2 is 2.14 bits per heavy atom. The van der Waals surface area contributed by atoms with E-state index in [0.29, 0.717) is 17.8 Å². The van der Waals surface area contributed by atoms with Crippen LogP contribution in [0.3, 0.4) is 0 Å². The molecule has 1 aliphatic rings. The summed E-state index contributed by atoms with van der Waals surface area (Å²) in [7, 11) is 0. The number of hydrogen-bond acceptors (Lipinski definition) is 4. The Kier molecular flexibility index (Phi) is 5.04. The second-order valence-electron chi connectivity index (χ2n) is 6.23. The van der Waals surface area contributed by atoms with E-state index in [0.717, 1.165) is 12.8 Å². The van der Waals surface area contributed by atoms with Gasteiger partial charge in [0.1, 0.15) is 11.3 Å². The highest BCUT2D eigenvalue weighted by Crippen LogP contribution is 2.36. The zero-order valence-electron chi connectivity index (χ0n) is 12.6. The molecular weight excluding hydrogens is 292 g/mol. The van der Waals surface area contributed by atoms with Crippen LogP contribution >= 0.6 is 11.6 Å². The van der Waals surface area contributed by atoms with Crippen molar-refractivity contribution in [2.45, 2.75) is 46.1 Å². The van der Waals surface area contributed by atoms with E-state index >= 15 is 0 Å². The lowest BCUT2D eigenvalue weighted by Crippen LogP contribution is -2.36. The standard InChI is InChI=1S/C15H21ClN2O3/c1-9(2)12-5-4-10(3)6-13(12)21-15-8-11(18(19)20)7-14(16)17-15/h7-10,12-13H,4-6H2,1-3H3. The van der Waals surface area contributed by atoms with E-state index in [1.807, 2.05) is 0 Å². The first-order valence-electron chi connectivity index (χ1n) is 7.35. The SMILES string of the molecule is CC1CCC(C(C)C)C(Oc2cc([N+](=O)[O-])cc(Cl)n2)C1. The van der Waals surface area contributed by atoms with Crippen molar-refractivity contribution in [3.8, 4) is 5.88 Å². The highest BCUT2D eigenvalue weighted by molar-refractivity contribution is 6.29. The molecule has 0 aliphatic heterocycles. The molecule has 0 aromatic carbocycles. The van der Waals surface area contributed by atoms with E-state index in [1.54, 1.807) is 0 Å². The summed E-state index contributed by atoms with van der Waals surface area (Å²) in [5.41, 5.74) is -0.0880. The van der Waals surface area contributed by atoms with Gasteiger partial charge in [0.15, 0.2) is 0 Å². The summed E-state index contributed by atoms with van der Waals surface area (Å²) in [5.74, 6) is 1.80. The minimum atomic E-state index is -0.482. The van der Waals surface area contributed by atoms with Crippen molar-refractivity contribution < 1.29 is 9.66 Å². The van der Waals surface area contributed by atoms with Crippen LogP contribution in [0.4, 0.5) is 5.69 Å². The van der Waals surface area contributed by atoms with E-state index in [1.165, 1.54) is 18.6 Å². The van der Waals surface area contributed by atoms with Gasteiger partial charge in [0.2, 0.25) is 5.88 Å². The van der Waals surface area contributed by atoms with Gasteiger partial charge in [-0.25, -0.2) is 4.98 Å². The third kappa shape index (κ3) is 4.06. The van der Waals surface area contributed by atoms with Crippen LogP contribution in [0.2, 0.25) is 5.15 Å². The van der Waals surface area contributed by atoms with Crippen molar-refractivity contribution in [3.05, 3.63) is 27.4 Å². The van der Waals surface area contributed by atoms with Crippen LogP contribution in [0.5, 0.6) is 5.88 Å². The lowest BCUT2D eigenvalue weighted by Gasteiger charge is -2.36. The molecule has 6 heteroatoms. The molecule has 0 bridgehead atoms. The Morgan fingerprint density at radius 3 is 2.76 bits per heavy atom. The number of pyridine rings is 1. The largest absolute Gasteiger partial charge is 0.474 e. The average Bonchev–Trinajstić information content (AvgIpc) is 2.37. The third-order valence-corrected chi connectivity index (χ3v) is 4.39. The molecule has 1 fully saturated rings. The minimum Gasteiger partial charge on any atom is -0.474 e. The topological polar surface area (TPSA) is 65.3 Å². The maximum Gasteiger partial charge on any atom is 0.277 e. The van der Waals surface area contributed by atoms with Crippen LogP contribution in [-0.2, 0) is 0 Å². The molecule has 3 atom stereocenters. The first-order valence-corrected chi connectivity index (χ1v) is 7.73. The van der Waals surface area contributed by atoms with Crippen LogP contribution in [0.15, 0.2) is 12.1 Å². The second kappa shape index (κ2) is 6.60. The van der Waals surface area contributed by atoms with E-state index in [2.05, 4.69) is 25.8 Å². The van der Waals surface area contributed by atoms with Gasteiger partial charge >= 0.3 is 0 Å². The molecule has 21 heavy (non-hydrogen) atoms. The molecule has 116 valence electrons. The molecule has 1 saturated carbocycles. The van der Waals surface area contributed by atoms with Crippen LogP contribution in [-0.4, -0.2) is 16.0 Å². The molecule has 1 aromatic heterocycles. The lowest BCUT2D eigenvalue weighted by atomic mass is 9.75. The first-order chi connectivity index (χ1) is 9.86. The van der Waals surface area contributed by atoms with Crippen LogP contribution in [0, 0.1) is 27.9 Å². The molecule has 1 aliphatic carbocycles. The molecule has 0 N–H and O–H groups in total. The predicted molar refractivity (Wildman–Crippen MR) is 81.7 cm³/mol. The Bertz CT molecular complexity index is 522. The molecule has 1 aromatic rings. The molecule has 2 rings (SSSR count). The van der Waals surface area contributed by atoms with Gasteiger partial charge < -0.3 is 4.74 Å². The van der Waals surface area contributed by atoms with Gasteiger partial charge in [0.05, 0.1) is 17.1 Å². The molecular formula is C15H21ClN2O3. The normalized spacial score (nSPS) is 25.9. The molecule has 0 spiro atoms. The van der Waals surface area contributed by atoms with Gasteiger partial charge in [-0.2, -0.15) is 0 Å². The quantitative estimate of drug-likeness (QED) is 0.467. The fourth-order valence-electron chi connectivity index (χ4n) is 3.03. The zero-order chi connectivity index (χ0) is 15.6. The van der Waals surface area contributed by atoms with Crippen molar-refractivity contribution >= 4 is 17.3 Å². The zero-order valence-corrected chi connectivity index (χ0v) is 13.3. The van der Waals surface area contributed by atoms with E-state index in [4.69, 9.17) is 16.3 Å². The summed E-state index contributed by atoms with van der Waals surface area (Å²) in [6.07, 6.45) is 3.31. The average molecular weight is 313 g/mol. The third-order valence-electron chi connectivity index (χ3n) is 4.20. The first kappa shape index (κ1) is 16.0. The Labute approximate surface area is 129 Å². The Hall–Kier alpha value is -1.36. The fourth-order valence-corrected chi connectivity index (χ4v) is 3.23. The monoisotopic (exact) mass is 312 g/mol. The maximum atomic E-state index is 10.9. The molecule has 0 saturated heterocycles. The maximum absolute atomic E-state index is 10.9. The van der Waals surface area contributed by atoms with Crippen LogP contribution in [0.1, 0.15) is 40.0 Å². The molecule has 0 radical (unpaired) electrons. The number of ether oxygens (including phenoxy) is 1. The van der Waals surface area contributed by atoms with E-state index in [9.17, 15) is 10.1 Å². The van der Waals surface area contributed by atoms with Crippen molar-refractivity contribution in [2.24, 2.45) is 17.8 Å².